The van der Waals surface area contributed by atoms with Crippen molar-refractivity contribution in [2.45, 2.75) is 0 Å². The first-order valence-corrected chi connectivity index (χ1v) is 5.00. The number of ether oxygens (including phenoxy) is 1. The topological polar surface area (TPSA) is 37.9 Å². The number of benzene rings is 1. The molecule has 0 saturated carbocycles. The van der Waals surface area contributed by atoms with Crippen molar-refractivity contribution in [1.29, 1.82) is 0 Å². The van der Waals surface area contributed by atoms with Crippen molar-refractivity contribution in [2.24, 2.45) is 0 Å². The summed E-state index contributed by atoms with van der Waals surface area (Å²) in [5.41, 5.74) is 1.35. The Balaban J connectivity index is 2.49. The maximum absolute atomic E-state index is 13.5. The minimum atomic E-state index is -0.414. The molecule has 0 unspecified atom stereocenters. The molecule has 1 aromatic carbocycles. The summed E-state index contributed by atoms with van der Waals surface area (Å²) in [4.78, 5) is 6.88. The molecule has 1 aromatic heterocycles. The monoisotopic (exact) mass is 236 g/mol. The van der Waals surface area contributed by atoms with Gasteiger partial charge in [0.15, 0.2) is 11.6 Å². The number of nitrogens with zero attached hydrogens (tertiary/aromatic N) is 1. The fraction of sp³-hybridized carbons (Fsp3) is 0.0909. The zero-order valence-corrected chi connectivity index (χ0v) is 9.34. The Hall–Kier alpha value is -1.75. The standard InChI is InChI=1S/C11H9FN2OS/c1-15-10-3-2-7(4-8(10)12)9-5-13-6-11(16)14-9/h2-6H,1H3,(H,14,16). The van der Waals surface area contributed by atoms with Gasteiger partial charge in [-0.15, -0.1) is 0 Å². The van der Waals surface area contributed by atoms with Crippen molar-refractivity contribution in [3.05, 3.63) is 41.1 Å². The highest BCUT2D eigenvalue weighted by Gasteiger charge is 2.05. The van der Waals surface area contributed by atoms with E-state index in [0.29, 0.717) is 15.9 Å². The van der Waals surface area contributed by atoms with Gasteiger partial charge < -0.3 is 9.72 Å². The van der Waals surface area contributed by atoms with Gasteiger partial charge in [-0.25, -0.2) is 4.39 Å². The molecule has 2 aromatic rings. The van der Waals surface area contributed by atoms with Gasteiger partial charge in [0, 0.05) is 5.56 Å². The molecule has 0 aliphatic carbocycles. The van der Waals surface area contributed by atoms with Crippen molar-refractivity contribution in [3.63, 3.8) is 0 Å². The third-order valence-corrected chi connectivity index (χ3v) is 2.32. The van der Waals surface area contributed by atoms with Crippen LogP contribution >= 0.6 is 12.2 Å². The van der Waals surface area contributed by atoms with Crippen molar-refractivity contribution in [1.82, 2.24) is 9.97 Å². The van der Waals surface area contributed by atoms with Crippen LogP contribution in [0.5, 0.6) is 5.75 Å². The lowest BCUT2D eigenvalue weighted by molar-refractivity contribution is 0.386. The van der Waals surface area contributed by atoms with E-state index in [2.05, 4.69) is 9.97 Å². The lowest BCUT2D eigenvalue weighted by atomic mass is 10.1. The van der Waals surface area contributed by atoms with Gasteiger partial charge in [-0.1, -0.05) is 12.2 Å². The van der Waals surface area contributed by atoms with Crippen LogP contribution in [0, 0.1) is 10.5 Å². The molecule has 1 heterocycles. The molecule has 0 radical (unpaired) electrons. The predicted octanol–water partition coefficient (Wildman–Crippen LogP) is 2.95. The average molecular weight is 236 g/mol. The van der Waals surface area contributed by atoms with Gasteiger partial charge in [0.05, 0.1) is 25.2 Å². The SMILES string of the molecule is COc1ccc(-c2cncc(=S)[nH]2)cc1F. The largest absolute Gasteiger partial charge is 0.494 e. The highest BCUT2D eigenvalue weighted by atomic mass is 32.1. The van der Waals surface area contributed by atoms with E-state index in [-0.39, 0.29) is 5.75 Å². The number of methoxy groups -OCH3 is 1. The second-order valence-electron chi connectivity index (χ2n) is 3.16. The van der Waals surface area contributed by atoms with E-state index in [1.54, 1.807) is 18.3 Å². The van der Waals surface area contributed by atoms with Crippen LogP contribution in [0.15, 0.2) is 30.6 Å². The second-order valence-corrected chi connectivity index (χ2v) is 3.60. The molecule has 0 aliphatic heterocycles. The highest BCUT2D eigenvalue weighted by Crippen LogP contribution is 2.23. The fourth-order valence-corrected chi connectivity index (χ4v) is 1.53. The number of H-pyrrole nitrogens is 1. The zero-order valence-electron chi connectivity index (χ0n) is 8.53. The molecule has 0 spiro atoms. The first-order chi connectivity index (χ1) is 7.70. The number of hydrogen-bond donors (Lipinski definition) is 1. The molecule has 16 heavy (non-hydrogen) atoms. The molecule has 1 N–H and O–H groups in total. The van der Waals surface area contributed by atoms with Gasteiger partial charge in [0.25, 0.3) is 0 Å². The minimum absolute atomic E-state index is 0.214. The lowest BCUT2D eigenvalue weighted by Gasteiger charge is -2.04. The average Bonchev–Trinajstić information content (AvgIpc) is 2.29. The van der Waals surface area contributed by atoms with E-state index in [1.165, 1.54) is 19.4 Å². The van der Waals surface area contributed by atoms with Crippen molar-refractivity contribution >= 4 is 12.2 Å². The Morgan fingerprint density at radius 2 is 2.19 bits per heavy atom. The van der Waals surface area contributed by atoms with E-state index in [1.807, 2.05) is 0 Å². The number of halogens is 1. The first-order valence-electron chi connectivity index (χ1n) is 4.59. The summed E-state index contributed by atoms with van der Waals surface area (Å²) in [7, 11) is 1.43. The predicted molar refractivity (Wildman–Crippen MR) is 61.4 cm³/mol. The Labute approximate surface area is 96.9 Å². The molecule has 0 amide bonds. The summed E-state index contributed by atoms with van der Waals surface area (Å²) < 4.78 is 18.8. The van der Waals surface area contributed by atoms with Crippen molar-refractivity contribution in [3.8, 4) is 17.0 Å². The summed E-state index contributed by atoms with van der Waals surface area (Å²) in [5.74, 6) is -0.200. The van der Waals surface area contributed by atoms with Crippen molar-refractivity contribution in [2.75, 3.05) is 7.11 Å². The molecule has 5 heteroatoms. The summed E-state index contributed by atoms with van der Waals surface area (Å²) >= 11 is 4.94. The summed E-state index contributed by atoms with van der Waals surface area (Å²) in [6.07, 6.45) is 3.12. The normalized spacial score (nSPS) is 10.1. The highest BCUT2D eigenvalue weighted by molar-refractivity contribution is 7.71. The van der Waals surface area contributed by atoms with Crippen LogP contribution in [0.3, 0.4) is 0 Å². The number of hydrogen-bond acceptors (Lipinski definition) is 3. The zero-order chi connectivity index (χ0) is 11.5. The molecule has 82 valence electrons. The number of aromatic nitrogens is 2. The summed E-state index contributed by atoms with van der Waals surface area (Å²) in [6, 6.07) is 4.68. The van der Waals surface area contributed by atoms with Gasteiger partial charge in [0.1, 0.15) is 4.64 Å². The third kappa shape index (κ3) is 2.09. The van der Waals surface area contributed by atoms with Gasteiger partial charge in [-0.05, 0) is 18.2 Å². The lowest BCUT2D eigenvalue weighted by Crippen LogP contribution is -1.90. The minimum Gasteiger partial charge on any atom is -0.494 e. The number of aromatic amines is 1. The Bertz CT molecular complexity index is 568. The Morgan fingerprint density at radius 1 is 1.38 bits per heavy atom. The van der Waals surface area contributed by atoms with Gasteiger partial charge in [-0.2, -0.15) is 0 Å². The van der Waals surface area contributed by atoms with E-state index in [9.17, 15) is 4.39 Å². The molecular weight excluding hydrogens is 227 g/mol. The molecule has 0 saturated heterocycles. The first kappa shape index (κ1) is 10.8. The van der Waals surface area contributed by atoms with Crippen LogP contribution in [0.1, 0.15) is 0 Å². The van der Waals surface area contributed by atoms with Crippen LogP contribution in [0.4, 0.5) is 4.39 Å². The van der Waals surface area contributed by atoms with Gasteiger partial charge in [0.2, 0.25) is 0 Å². The smallest absolute Gasteiger partial charge is 0.165 e. The maximum Gasteiger partial charge on any atom is 0.165 e. The maximum atomic E-state index is 13.5. The van der Waals surface area contributed by atoms with Crippen molar-refractivity contribution < 1.29 is 9.13 Å². The molecule has 2 rings (SSSR count). The second kappa shape index (κ2) is 4.40. The summed E-state index contributed by atoms with van der Waals surface area (Å²) in [5, 5.41) is 0. The third-order valence-electron chi connectivity index (χ3n) is 2.12. The molecule has 0 aliphatic rings. The van der Waals surface area contributed by atoms with E-state index >= 15 is 0 Å². The van der Waals surface area contributed by atoms with E-state index in [4.69, 9.17) is 17.0 Å². The fourth-order valence-electron chi connectivity index (χ4n) is 1.36. The number of nitrogens with one attached hydrogen (secondary N) is 1. The Kier molecular flexibility index (Phi) is 2.96. The van der Waals surface area contributed by atoms with Crippen LogP contribution in [0.25, 0.3) is 11.3 Å². The van der Waals surface area contributed by atoms with Gasteiger partial charge in [-0.3, -0.25) is 4.98 Å². The van der Waals surface area contributed by atoms with Crippen LogP contribution in [0.2, 0.25) is 0 Å². The molecule has 3 nitrogen and oxygen atoms in total. The van der Waals surface area contributed by atoms with Crippen LogP contribution in [-0.4, -0.2) is 17.1 Å². The van der Waals surface area contributed by atoms with Crippen LogP contribution in [-0.2, 0) is 0 Å². The van der Waals surface area contributed by atoms with E-state index < -0.39 is 5.82 Å². The molecule has 0 fully saturated rings. The molecular formula is C11H9FN2OS. The summed E-state index contributed by atoms with van der Waals surface area (Å²) in [6.45, 7) is 0. The quantitative estimate of drug-likeness (QED) is 0.815. The number of rotatable bonds is 2. The molecule has 0 atom stereocenters. The Morgan fingerprint density at radius 3 is 2.81 bits per heavy atom. The van der Waals surface area contributed by atoms with Crippen LogP contribution < -0.4 is 4.74 Å². The van der Waals surface area contributed by atoms with E-state index in [0.717, 1.165) is 0 Å². The van der Waals surface area contributed by atoms with Gasteiger partial charge >= 0.3 is 0 Å². The molecule has 0 bridgehead atoms.